The maximum atomic E-state index is 12.7. The second-order valence-electron chi connectivity index (χ2n) is 3.06. The zero-order valence-electron chi connectivity index (χ0n) is 8.02. The van der Waals surface area contributed by atoms with Gasteiger partial charge in [0.25, 0.3) is 5.24 Å². The molecule has 1 aromatic rings. The van der Waals surface area contributed by atoms with Gasteiger partial charge in [0, 0.05) is 0 Å². The molecule has 0 aromatic heterocycles. The second-order valence-corrected chi connectivity index (χ2v) is 3.41. The Bertz CT molecular complexity index is 488. The summed E-state index contributed by atoms with van der Waals surface area (Å²) >= 11 is 5.10. The molecule has 0 amide bonds. The van der Waals surface area contributed by atoms with Gasteiger partial charge in [-0.05, 0) is 30.2 Å². The molecule has 1 rings (SSSR count). The largest absolute Gasteiger partial charge is 0.418 e. The third kappa shape index (κ3) is 2.17. The van der Waals surface area contributed by atoms with Gasteiger partial charge in [-0.25, -0.2) is 0 Å². The lowest BCUT2D eigenvalue weighted by Gasteiger charge is -2.13. The van der Waals surface area contributed by atoms with Crippen LogP contribution in [0.3, 0.4) is 0 Å². The molecular formula is C10H5ClF3NO. The molecule has 0 atom stereocenters. The van der Waals surface area contributed by atoms with E-state index in [2.05, 4.69) is 0 Å². The molecule has 0 aliphatic carbocycles. The van der Waals surface area contributed by atoms with Gasteiger partial charge in [-0.15, -0.1) is 0 Å². The molecule has 0 N–H and O–H groups in total. The molecule has 6 heteroatoms. The van der Waals surface area contributed by atoms with E-state index in [0.717, 1.165) is 6.07 Å². The number of rotatable bonds is 1. The van der Waals surface area contributed by atoms with E-state index >= 15 is 0 Å². The van der Waals surface area contributed by atoms with Crippen molar-refractivity contribution < 1.29 is 18.0 Å². The van der Waals surface area contributed by atoms with Gasteiger partial charge in [0.1, 0.15) is 0 Å². The summed E-state index contributed by atoms with van der Waals surface area (Å²) in [6.45, 7) is 1.33. The zero-order chi connectivity index (χ0) is 12.5. The zero-order valence-corrected chi connectivity index (χ0v) is 8.78. The molecule has 0 radical (unpaired) electrons. The maximum Gasteiger partial charge on any atom is 0.418 e. The number of hydrogen-bond acceptors (Lipinski definition) is 2. The summed E-state index contributed by atoms with van der Waals surface area (Å²) in [6, 6.07) is 3.66. The van der Waals surface area contributed by atoms with E-state index in [-0.39, 0.29) is 5.56 Å². The lowest BCUT2D eigenvalue weighted by Crippen LogP contribution is -2.14. The van der Waals surface area contributed by atoms with Crippen molar-refractivity contribution >= 4 is 16.8 Å². The minimum absolute atomic E-state index is 0.0892. The molecule has 0 bridgehead atoms. The molecule has 16 heavy (non-hydrogen) atoms. The summed E-state index contributed by atoms with van der Waals surface area (Å²) in [6.07, 6.45) is -4.78. The standard InChI is InChI=1S/C10H5ClF3NO/c1-5-2-3-6(4-15)8(10(12,13)14)7(5)9(11)16/h2-3H,1H3. The molecule has 0 unspecified atom stereocenters. The summed E-state index contributed by atoms with van der Waals surface area (Å²) in [7, 11) is 0. The normalized spacial score (nSPS) is 11.0. The highest BCUT2D eigenvalue weighted by molar-refractivity contribution is 6.68. The van der Waals surface area contributed by atoms with Gasteiger partial charge in [0.2, 0.25) is 0 Å². The van der Waals surface area contributed by atoms with Gasteiger partial charge in [0.05, 0.1) is 22.8 Å². The van der Waals surface area contributed by atoms with Crippen molar-refractivity contribution in [2.75, 3.05) is 0 Å². The third-order valence-corrected chi connectivity index (χ3v) is 2.20. The summed E-state index contributed by atoms with van der Waals surface area (Å²) in [5, 5.41) is 7.35. The molecule has 1 aromatic carbocycles. The van der Waals surface area contributed by atoms with Crippen LogP contribution in [0.1, 0.15) is 27.0 Å². The van der Waals surface area contributed by atoms with Gasteiger partial charge in [-0.3, -0.25) is 4.79 Å². The van der Waals surface area contributed by atoms with Crippen LogP contribution in [0.25, 0.3) is 0 Å². The Morgan fingerprint density at radius 1 is 1.44 bits per heavy atom. The average molecular weight is 248 g/mol. The summed E-state index contributed by atoms with van der Waals surface area (Å²) in [5.74, 6) is 0. The fraction of sp³-hybridized carbons (Fsp3) is 0.200. The highest BCUT2D eigenvalue weighted by Gasteiger charge is 2.38. The van der Waals surface area contributed by atoms with Crippen LogP contribution in [0, 0.1) is 18.3 Å². The quantitative estimate of drug-likeness (QED) is 0.715. The lowest BCUT2D eigenvalue weighted by molar-refractivity contribution is -0.138. The Balaban J connectivity index is 3.71. The molecule has 0 fully saturated rings. The van der Waals surface area contributed by atoms with Gasteiger partial charge in [-0.2, -0.15) is 18.4 Å². The number of halogens is 4. The molecule has 0 saturated carbocycles. The molecule has 0 spiro atoms. The van der Waals surface area contributed by atoms with Crippen molar-refractivity contribution in [2.45, 2.75) is 13.1 Å². The number of aryl methyl sites for hydroxylation is 1. The van der Waals surface area contributed by atoms with E-state index < -0.39 is 28.1 Å². The van der Waals surface area contributed by atoms with Crippen LogP contribution in [0.4, 0.5) is 13.2 Å². The molecule has 0 aliphatic rings. The highest BCUT2D eigenvalue weighted by atomic mass is 35.5. The molecule has 0 heterocycles. The van der Waals surface area contributed by atoms with Crippen LogP contribution in [-0.4, -0.2) is 5.24 Å². The number of nitriles is 1. The number of nitrogens with zero attached hydrogens (tertiary/aromatic N) is 1. The Morgan fingerprint density at radius 2 is 2.00 bits per heavy atom. The summed E-state index contributed by atoms with van der Waals surface area (Å²) in [4.78, 5) is 11.0. The summed E-state index contributed by atoms with van der Waals surface area (Å²) < 4.78 is 38.0. The fourth-order valence-electron chi connectivity index (χ4n) is 1.35. The Labute approximate surface area is 94.2 Å². The van der Waals surface area contributed by atoms with E-state index in [1.165, 1.54) is 19.1 Å². The van der Waals surface area contributed by atoms with Crippen molar-refractivity contribution in [3.8, 4) is 6.07 Å². The monoisotopic (exact) mass is 247 g/mol. The highest BCUT2D eigenvalue weighted by Crippen LogP contribution is 2.36. The molecule has 2 nitrogen and oxygen atoms in total. The van der Waals surface area contributed by atoms with Crippen molar-refractivity contribution in [1.29, 1.82) is 5.26 Å². The first-order valence-electron chi connectivity index (χ1n) is 4.09. The van der Waals surface area contributed by atoms with Gasteiger partial charge in [-0.1, -0.05) is 6.07 Å². The number of carbonyl (C=O) groups excluding carboxylic acids is 1. The first-order chi connectivity index (χ1) is 7.29. The SMILES string of the molecule is Cc1ccc(C#N)c(C(F)(F)F)c1C(=O)Cl. The van der Waals surface area contributed by atoms with Crippen molar-refractivity contribution in [3.63, 3.8) is 0 Å². The summed E-state index contributed by atoms with van der Waals surface area (Å²) in [5.41, 5.74) is -2.45. The van der Waals surface area contributed by atoms with Crippen LogP contribution in [0.5, 0.6) is 0 Å². The van der Waals surface area contributed by atoms with E-state index in [1.807, 2.05) is 0 Å². The van der Waals surface area contributed by atoms with Crippen LogP contribution >= 0.6 is 11.6 Å². The molecule has 0 aliphatic heterocycles. The lowest BCUT2D eigenvalue weighted by atomic mass is 9.97. The van der Waals surface area contributed by atoms with E-state index in [9.17, 15) is 18.0 Å². The van der Waals surface area contributed by atoms with Crippen LogP contribution in [0.2, 0.25) is 0 Å². The van der Waals surface area contributed by atoms with E-state index in [1.54, 1.807) is 0 Å². The van der Waals surface area contributed by atoms with Crippen molar-refractivity contribution in [3.05, 3.63) is 34.4 Å². The fourth-order valence-corrected chi connectivity index (χ4v) is 1.59. The Hall–Kier alpha value is -1.54. The first-order valence-corrected chi connectivity index (χ1v) is 4.47. The van der Waals surface area contributed by atoms with Gasteiger partial charge >= 0.3 is 6.18 Å². The predicted octanol–water partition coefficient (Wildman–Crippen LogP) is 3.26. The van der Waals surface area contributed by atoms with E-state index in [0.29, 0.717) is 0 Å². The van der Waals surface area contributed by atoms with Crippen molar-refractivity contribution in [1.82, 2.24) is 0 Å². The van der Waals surface area contributed by atoms with Crippen LogP contribution in [-0.2, 0) is 6.18 Å². The van der Waals surface area contributed by atoms with Gasteiger partial charge < -0.3 is 0 Å². The van der Waals surface area contributed by atoms with Crippen LogP contribution < -0.4 is 0 Å². The maximum absolute atomic E-state index is 12.7. The number of benzene rings is 1. The van der Waals surface area contributed by atoms with Crippen LogP contribution in [0.15, 0.2) is 12.1 Å². The average Bonchev–Trinajstić information content (AvgIpc) is 2.15. The minimum atomic E-state index is -4.78. The third-order valence-electron chi connectivity index (χ3n) is 2.01. The predicted molar refractivity (Wildman–Crippen MR) is 51.1 cm³/mol. The topological polar surface area (TPSA) is 40.9 Å². The second kappa shape index (κ2) is 4.14. The molecular weight excluding hydrogens is 243 g/mol. The Morgan fingerprint density at radius 3 is 2.38 bits per heavy atom. The number of hydrogen-bond donors (Lipinski definition) is 0. The smallest absolute Gasteiger partial charge is 0.276 e. The Kier molecular flexibility index (Phi) is 3.24. The van der Waals surface area contributed by atoms with Crippen molar-refractivity contribution in [2.24, 2.45) is 0 Å². The van der Waals surface area contributed by atoms with E-state index in [4.69, 9.17) is 16.9 Å². The minimum Gasteiger partial charge on any atom is -0.276 e. The number of alkyl halides is 3. The van der Waals surface area contributed by atoms with Gasteiger partial charge in [0.15, 0.2) is 0 Å². The number of carbonyl (C=O) groups is 1. The first kappa shape index (κ1) is 12.5. The molecule has 84 valence electrons. The molecule has 0 saturated heterocycles.